The lowest BCUT2D eigenvalue weighted by Crippen LogP contribution is -1.87. The van der Waals surface area contributed by atoms with Gasteiger partial charge in [0.1, 0.15) is 5.38 Å². The summed E-state index contributed by atoms with van der Waals surface area (Å²) in [6, 6.07) is 9.79. The van der Waals surface area contributed by atoms with E-state index in [2.05, 4.69) is 6.92 Å². The van der Waals surface area contributed by atoms with Crippen molar-refractivity contribution in [2.45, 2.75) is 18.7 Å². The largest absolute Gasteiger partial charge is 0.196 e. The maximum Gasteiger partial charge on any atom is 0.145 e. The molecule has 1 atom stereocenters. The van der Waals surface area contributed by atoms with Crippen LogP contribution in [0.2, 0.25) is 0 Å². The molecular weight excluding hydrogens is 170 g/mol. The Balaban J connectivity index is 2.86. The molecule has 12 heavy (non-hydrogen) atoms. The Morgan fingerprint density at radius 2 is 2.00 bits per heavy atom. The van der Waals surface area contributed by atoms with E-state index in [4.69, 9.17) is 16.9 Å². The first-order chi connectivity index (χ1) is 5.77. The highest BCUT2D eigenvalue weighted by atomic mass is 35.5. The molecule has 62 valence electrons. The molecule has 1 unspecified atom stereocenters. The molecule has 0 fully saturated rings. The minimum atomic E-state index is -0.518. The molecule has 1 rings (SSSR count). The van der Waals surface area contributed by atoms with Crippen LogP contribution in [0.25, 0.3) is 0 Å². The molecule has 0 aliphatic carbocycles. The van der Waals surface area contributed by atoms with Crippen LogP contribution in [0.15, 0.2) is 24.3 Å². The highest BCUT2D eigenvalue weighted by Gasteiger charge is 2.04. The molecule has 0 aliphatic heterocycles. The summed E-state index contributed by atoms with van der Waals surface area (Å²) >= 11 is 5.73. The summed E-state index contributed by atoms with van der Waals surface area (Å²) in [5, 5.41) is 8.02. The maximum absolute atomic E-state index is 8.53. The van der Waals surface area contributed by atoms with Crippen molar-refractivity contribution >= 4 is 11.6 Å². The number of nitrogens with zero attached hydrogens (tertiary/aromatic N) is 1. The number of nitriles is 1. The van der Waals surface area contributed by atoms with Gasteiger partial charge in [-0.15, -0.1) is 11.6 Å². The van der Waals surface area contributed by atoms with Crippen LogP contribution in [0.5, 0.6) is 0 Å². The van der Waals surface area contributed by atoms with E-state index < -0.39 is 5.38 Å². The predicted molar refractivity (Wildman–Crippen MR) is 50.0 cm³/mol. The molecule has 0 bridgehead atoms. The van der Waals surface area contributed by atoms with Crippen LogP contribution in [-0.2, 0) is 6.42 Å². The Morgan fingerprint density at radius 3 is 2.42 bits per heavy atom. The van der Waals surface area contributed by atoms with Gasteiger partial charge in [0.25, 0.3) is 0 Å². The number of aryl methyl sites for hydroxylation is 1. The van der Waals surface area contributed by atoms with E-state index in [-0.39, 0.29) is 0 Å². The molecule has 0 spiro atoms. The molecule has 1 aromatic carbocycles. The van der Waals surface area contributed by atoms with Crippen molar-refractivity contribution in [3.63, 3.8) is 0 Å². The second-order valence-electron chi connectivity index (χ2n) is 2.59. The monoisotopic (exact) mass is 179 g/mol. The van der Waals surface area contributed by atoms with Crippen molar-refractivity contribution < 1.29 is 0 Å². The van der Waals surface area contributed by atoms with Crippen LogP contribution in [-0.4, -0.2) is 0 Å². The van der Waals surface area contributed by atoms with E-state index in [1.807, 2.05) is 30.3 Å². The summed E-state index contributed by atoms with van der Waals surface area (Å²) in [4.78, 5) is 0. The molecule has 2 heteroatoms. The highest BCUT2D eigenvalue weighted by molar-refractivity contribution is 6.22. The fourth-order valence-corrected chi connectivity index (χ4v) is 1.14. The third-order valence-electron chi connectivity index (χ3n) is 1.79. The van der Waals surface area contributed by atoms with Crippen molar-refractivity contribution in [2.75, 3.05) is 0 Å². The zero-order chi connectivity index (χ0) is 8.97. The van der Waals surface area contributed by atoms with Gasteiger partial charge >= 0.3 is 0 Å². The second-order valence-corrected chi connectivity index (χ2v) is 3.02. The van der Waals surface area contributed by atoms with Gasteiger partial charge in [-0.3, -0.25) is 0 Å². The first kappa shape index (κ1) is 9.09. The van der Waals surface area contributed by atoms with Crippen molar-refractivity contribution in [1.82, 2.24) is 0 Å². The van der Waals surface area contributed by atoms with E-state index in [1.54, 1.807) is 0 Å². The fraction of sp³-hybridized carbons (Fsp3) is 0.300. The van der Waals surface area contributed by atoms with Crippen molar-refractivity contribution in [1.29, 1.82) is 5.26 Å². The molecule has 0 saturated carbocycles. The third-order valence-corrected chi connectivity index (χ3v) is 2.14. The lowest BCUT2D eigenvalue weighted by Gasteiger charge is -2.01. The van der Waals surface area contributed by atoms with Gasteiger partial charge in [0, 0.05) is 0 Å². The molecule has 1 nitrogen and oxygen atoms in total. The van der Waals surface area contributed by atoms with E-state index in [0.29, 0.717) is 0 Å². The van der Waals surface area contributed by atoms with Gasteiger partial charge in [0.2, 0.25) is 0 Å². The molecule has 0 heterocycles. The van der Waals surface area contributed by atoms with Gasteiger partial charge in [0.05, 0.1) is 6.07 Å². The second kappa shape index (κ2) is 4.13. The number of halogens is 1. The Bertz CT molecular complexity index is 284. The SMILES string of the molecule is CCc1ccc(C(Cl)C#N)cc1. The van der Waals surface area contributed by atoms with Crippen molar-refractivity contribution in [3.05, 3.63) is 35.4 Å². The first-order valence-electron chi connectivity index (χ1n) is 3.90. The van der Waals surface area contributed by atoms with E-state index in [9.17, 15) is 0 Å². The van der Waals surface area contributed by atoms with Gasteiger partial charge in [-0.25, -0.2) is 0 Å². The van der Waals surface area contributed by atoms with E-state index in [0.717, 1.165) is 12.0 Å². The average molecular weight is 180 g/mol. The van der Waals surface area contributed by atoms with Crippen LogP contribution in [0.3, 0.4) is 0 Å². The van der Waals surface area contributed by atoms with E-state index in [1.165, 1.54) is 5.56 Å². The minimum Gasteiger partial charge on any atom is -0.196 e. The standard InChI is InChI=1S/C10H10ClN/c1-2-8-3-5-9(6-4-8)10(11)7-12/h3-6,10H,2H2,1H3. The summed E-state index contributed by atoms with van der Waals surface area (Å²) in [7, 11) is 0. The van der Waals surface area contributed by atoms with Crippen LogP contribution in [0.1, 0.15) is 23.4 Å². The Morgan fingerprint density at radius 1 is 1.42 bits per heavy atom. The maximum atomic E-state index is 8.53. The number of rotatable bonds is 2. The molecular formula is C10H10ClN. The van der Waals surface area contributed by atoms with Crippen LogP contribution < -0.4 is 0 Å². The fourth-order valence-electron chi connectivity index (χ4n) is 0.997. The van der Waals surface area contributed by atoms with Gasteiger partial charge in [-0.1, -0.05) is 31.2 Å². The van der Waals surface area contributed by atoms with Crippen molar-refractivity contribution in [2.24, 2.45) is 0 Å². The Labute approximate surface area is 77.6 Å². The minimum absolute atomic E-state index is 0.518. The predicted octanol–water partition coefficient (Wildman–Crippen LogP) is 3.05. The zero-order valence-electron chi connectivity index (χ0n) is 6.92. The van der Waals surface area contributed by atoms with Crippen LogP contribution >= 0.6 is 11.6 Å². The summed E-state index contributed by atoms with van der Waals surface area (Å²) < 4.78 is 0. The third kappa shape index (κ3) is 1.99. The topological polar surface area (TPSA) is 23.8 Å². The molecule has 1 aromatic rings. The molecule has 0 N–H and O–H groups in total. The molecule has 0 amide bonds. The quantitative estimate of drug-likeness (QED) is 0.641. The summed E-state index contributed by atoms with van der Waals surface area (Å²) in [6.45, 7) is 2.09. The van der Waals surface area contributed by atoms with Gasteiger partial charge in [0.15, 0.2) is 0 Å². The summed E-state index contributed by atoms with van der Waals surface area (Å²) in [6.07, 6.45) is 1.01. The zero-order valence-corrected chi connectivity index (χ0v) is 7.67. The number of hydrogen-bond donors (Lipinski definition) is 0. The summed E-state index contributed by atoms with van der Waals surface area (Å²) in [5.41, 5.74) is 2.14. The summed E-state index contributed by atoms with van der Waals surface area (Å²) in [5.74, 6) is 0. The smallest absolute Gasteiger partial charge is 0.145 e. The Kier molecular flexibility index (Phi) is 3.13. The van der Waals surface area contributed by atoms with Crippen LogP contribution in [0, 0.1) is 11.3 Å². The van der Waals surface area contributed by atoms with Gasteiger partial charge < -0.3 is 0 Å². The molecule has 0 radical (unpaired) electrons. The number of alkyl halides is 1. The lowest BCUT2D eigenvalue weighted by atomic mass is 10.1. The lowest BCUT2D eigenvalue weighted by molar-refractivity contribution is 1.12. The number of hydrogen-bond acceptors (Lipinski definition) is 1. The van der Waals surface area contributed by atoms with Gasteiger partial charge in [-0.2, -0.15) is 5.26 Å². The van der Waals surface area contributed by atoms with Gasteiger partial charge in [-0.05, 0) is 17.5 Å². The van der Waals surface area contributed by atoms with E-state index >= 15 is 0 Å². The van der Waals surface area contributed by atoms with Crippen molar-refractivity contribution in [3.8, 4) is 6.07 Å². The highest BCUT2D eigenvalue weighted by Crippen LogP contribution is 2.19. The average Bonchev–Trinajstić information content (AvgIpc) is 2.17. The van der Waals surface area contributed by atoms with Crippen LogP contribution in [0.4, 0.5) is 0 Å². The molecule has 0 saturated heterocycles. The number of benzene rings is 1. The normalized spacial score (nSPS) is 12.1. The molecule has 0 aromatic heterocycles. The Hall–Kier alpha value is -1.00. The first-order valence-corrected chi connectivity index (χ1v) is 4.34. The molecule has 0 aliphatic rings.